The number of H-pyrrole nitrogens is 1. The van der Waals surface area contributed by atoms with E-state index in [0.717, 1.165) is 11.4 Å². The first-order chi connectivity index (χ1) is 11.7. The Hall–Kier alpha value is -2.54. The van der Waals surface area contributed by atoms with Gasteiger partial charge in [0.1, 0.15) is 5.76 Å². The van der Waals surface area contributed by atoms with E-state index < -0.39 is 5.97 Å². The van der Waals surface area contributed by atoms with Crippen LogP contribution in [0.15, 0.2) is 46.0 Å². The first-order valence-corrected chi connectivity index (χ1v) is 8.52. The van der Waals surface area contributed by atoms with E-state index in [-0.39, 0.29) is 5.76 Å². The maximum Gasteiger partial charge on any atom is 0.374 e. The number of nitrogens with one attached hydrogen (secondary N) is 1. The number of furan rings is 1. The predicted molar refractivity (Wildman–Crippen MR) is 90.8 cm³/mol. The number of aryl methyl sites for hydroxylation is 1. The van der Waals surface area contributed by atoms with Gasteiger partial charge in [-0.05, 0) is 32.0 Å². The molecule has 24 heavy (non-hydrogen) atoms. The Bertz CT molecular complexity index is 841. The van der Waals surface area contributed by atoms with Crippen LogP contribution in [-0.2, 0) is 10.5 Å². The van der Waals surface area contributed by atoms with Gasteiger partial charge in [0, 0.05) is 5.56 Å². The molecule has 0 amide bonds. The number of hydrogen-bond donors (Lipinski definition) is 1. The average Bonchev–Trinajstić information content (AvgIpc) is 3.23. The molecule has 0 radical (unpaired) electrons. The number of benzene rings is 1. The Morgan fingerprint density at radius 1 is 1.29 bits per heavy atom. The Labute approximate surface area is 143 Å². The Balaban J connectivity index is 1.63. The summed E-state index contributed by atoms with van der Waals surface area (Å²) in [5.74, 6) is 1.71. The van der Waals surface area contributed by atoms with Gasteiger partial charge in [-0.1, -0.05) is 35.5 Å². The van der Waals surface area contributed by atoms with Crippen LogP contribution in [0.3, 0.4) is 0 Å². The van der Waals surface area contributed by atoms with E-state index in [9.17, 15) is 4.79 Å². The molecule has 1 N–H and O–H groups in total. The molecule has 1 aromatic carbocycles. The molecule has 0 fully saturated rings. The number of nitrogens with zero attached hydrogens (tertiary/aromatic N) is 2. The number of rotatable bonds is 6. The molecule has 0 saturated carbocycles. The number of aromatic amines is 1. The lowest BCUT2D eigenvalue weighted by atomic mass is 10.1. The van der Waals surface area contributed by atoms with E-state index >= 15 is 0 Å². The van der Waals surface area contributed by atoms with E-state index in [1.54, 1.807) is 19.1 Å². The van der Waals surface area contributed by atoms with Crippen LogP contribution in [0.5, 0.6) is 0 Å². The van der Waals surface area contributed by atoms with Crippen molar-refractivity contribution in [3.8, 4) is 11.4 Å². The molecule has 3 aromatic rings. The standard InChI is InChI=1S/C17H17N3O3S/c1-3-22-16(21)14-8-7-13(23-14)10-24-17-18-15(19-20-17)12-6-4-5-11(2)9-12/h4-9H,3,10H2,1-2H3,(H,18,19,20). The quantitative estimate of drug-likeness (QED) is 0.541. The third-order valence-electron chi connectivity index (χ3n) is 3.25. The molecule has 6 nitrogen and oxygen atoms in total. The number of aromatic nitrogens is 3. The van der Waals surface area contributed by atoms with Crippen molar-refractivity contribution in [2.75, 3.05) is 6.61 Å². The summed E-state index contributed by atoms with van der Waals surface area (Å²) in [6.07, 6.45) is 0. The smallest absolute Gasteiger partial charge is 0.374 e. The molecule has 2 aromatic heterocycles. The third kappa shape index (κ3) is 3.86. The van der Waals surface area contributed by atoms with Gasteiger partial charge in [-0.2, -0.15) is 0 Å². The fourth-order valence-electron chi connectivity index (χ4n) is 2.14. The van der Waals surface area contributed by atoms with E-state index in [0.29, 0.717) is 23.3 Å². The SMILES string of the molecule is CCOC(=O)c1ccc(CSc2nnc(-c3cccc(C)c3)[nH]2)o1. The third-order valence-corrected chi connectivity index (χ3v) is 4.13. The van der Waals surface area contributed by atoms with Gasteiger partial charge < -0.3 is 14.1 Å². The molecule has 0 unspecified atom stereocenters. The molecule has 0 bridgehead atoms. The number of ether oxygens (including phenoxy) is 1. The highest BCUT2D eigenvalue weighted by Crippen LogP contribution is 2.24. The Morgan fingerprint density at radius 3 is 2.96 bits per heavy atom. The van der Waals surface area contributed by atoms with Gasteiger partial charge in [-0.15, -0.1) is 10.2 Å². The van der Waals surface area contributed by atoms with Crippen molar-refractivity contribution >= 4 is 17.7 Å². The zero-order valence-corrected chi connectivity index (χ0v) is 14.2. The van der Waals surface area contributed by atoms with Crippen LogP contribution in [0.4, 0.5) is 0 Å². The van der Waals surface area contributed by atoms with Gasteiger partial charge in [-0.25, -0.2) is 4.79 Å². The maximum atomic E-state index is 11.6. The van der Waals surface area contributed by atoms with Crippen LogP contribution >= 0.6 is 11.8 Å². The molecule has 124 valence electrons. The number of hydrogen-bond acceptors (Lipinski definition) is 6. The van der Waals surface area contributed by atoms with Gasteiger partial charge in [0.05, 0.1) is 12.4 Å². The summed E-state index contributed by atoms with van der Waals surface area (Å²) in [4.78, 5) is 14.8. The second-order valence-electron chi connectivity index (χ2n) is 5.12. The molecule has 0 saturated heterocycles. The molecule has 7 heteroatoms. The van der Waals surface area contributed by atoms with E-state index in [1.807, 2.05) is 31.2 Å². The van der Waals surface area contributed by atoms with Crippen LogP contribution < -0.4 is 0 Å². The number of carbonyl (C=O) groups excluding carboxylic acids is 1. The monoisotopic (exact) mass is 343 g/mol. The van der Waals surface area contributed by atoms with Crippen LogP contribution in [0.25, 0.3) is 11.4 Å². The number of esters is 1. The van der Waals surface area contributed by atoms with Gasteiger partial charge in [0.15, 0.2) is 11.0 Å². The fourth-order valence-corrected chi connectivity index (χ4v) is 2.84. The van der Waals surface area contributed by atoms with Gasteiger partial charge >= 0.3 is 5.97 Å². The minimum atomic E-state index is -0.449. The lowest BCUT2D eigenvalue weighted by Crippen LogP contribution is -2.02. The molecule has 0 aliphatic heterocycles. The largest absolute Gasteiger partial charge is 0.460 e. The first kappa shape index (κ1) is 16.3. The Morgan fingerprint density at radius 2 is 2.17 bits per heavy atom. The number of thioether (sulfide) groups is 1. The molecular formula is C17H17N3O3S. The molecule has 3 rings (SSSR count). The van der Waals surface area contributed by atoms with E-state index in [1.165, 1.54) is 17.3 Å². The molecule has 2 heterocycles. The summed E-state index contributed by atoms with van der Waals surface area (Å²) < 4.78 is 10.4. The highest BCUT2D eigenvalue weighted by Gasteiger charge is 2.13. The zero-order chi connectivity index (χ0) is 16.9. The first-order valence-electron chi connectivity index (χ1n) is 7.54. The molecule has 0 spiro atoms. The van der Waals surface area contributed by atoms with Crippen molar-refractivity contribution in [1.82, 2.24) is 15.2 Å². The predicted octanol–water partition coefficient (Wildman–Crippen LogP) is 3.84. The summed E-state index contributed by atoms with van der Waals surface area (Å²) in [5.41, 5.74) is 2.16. The molecular weight excluding hydrogens is 326 g/mol. The van der Waals surface area contributed by atoms with Crippen LogP contribution in [-0.4, -0.2) is 27.8 Å². The Kier molecular flexibility index (Phi) is 5.00. The van der Waals surface area contributed by atoms with Gasteiger partial charge in [0.2, 0.25) is 5.76 Å². The lowest BCUT2D eigenvalue weighted by Gasteiger charge is -1.98. The molecule has 0 aliphatic rings. The average molecular weight is 343 g/mol. The fraction of sp³-hybridized carbons (Fsp3) is 0.235. The second-order valence-corrected chi connectivity index (χ2v) is 6.09. The van der Waals surface area contributed by atoms with Crippen molar-refractivity contribution < 1.29 is 13.9 Å². The zero-order valence-electron chi connectivity index (χ0n) is 13.4. The molecule has 0 aliphatic carbocycles. The minimum Gasteiger partial charge on any atom is -0.460 e. The summed E-state index contributed by atoms with van der Waals surface area (Å²) in [6.45, 7) is 4.12. The molecule has 0 atom stereocenters. The number of carbonyl (C=O) groups is 1. The highest BCUT2D eigenvalue weighted by atomic mass is 32.2. The summed E-state index contributed by atoms with van der Waals surface area (Å²) in [5, 5.41) is 8.99. The topological polar surface area (TPSA) is 81.0 Å². The van der Waals surface area contributed by atoms with Gasteiger partial charge in [-0.3, -0.25) is 0 Å². The van der Waals surface area contributed by atoms with Crippen molar-refractivity contribution in [3.63, 3.8) is 0 Å². The lowest BCUT2D eigenvalue weighted by molar-refractivity contribution is 0.0488. The van der Waals surface area contributed by atoms with E-state index in [2.05, 4.69) is 15.2 Å². The maximum absolute atomic E-state index is 11.6. The normalized spacial score (nSPS) is 10.8. The summed E-state index contributed by atoms with van der Waals surface area (Å²) in [6, 6.07) is 11.4. The van der Waals surface area contributed by atoms with Crippen molar-refractivity contribution in [2.45, 2.75) is 24.8 Å². The van der Waals surface area contributed by atoms with Crippen molar-refractivity contribution in [3.05, 3.63) is 53.5 Å². The highest BCUT2D eigenvalue weighted by molar-refractivity contribution is 7.98. The van der Waals surface area contributed by atoms with Crippen LogP contribution in [0.2, 0.25) is 0 Å². The minimum absolute atomic E-state index is 0.213. The van der Waals surface area contributed by atoms with Gasteiger partial charge in [0.25, 0.3) is 0 Å². The van der Waals surface area contributed by atoms with Crippen LogP contribution in [0, 0.1) is 6.92 Å². The summed E-state index contributed by atoms with van der Waals surface area (Å²) >= 11 is 1.46. The van der Waals surface area contributed by atoms with Crippen molar-refractivity contribution in [1.29, 1.82) is 0 Å². The second kappa shape index (κ2) is 7.35. The summed E-state index contributed by atoms with van der Waals surface area (Å²) in [7, 11) is 0. The van der Waals surface area contributed by atoms with Crippen LogP contribution in [0.1, 0.15) is 28.8 Å². The van der Waals surface area contributed by atoms with Crippen molar-refractivity contribution in [2.24, 2.45) is 0 Å². The van der Waals surface area contributed by atoms with E-state index in [4.69, 9.17) is 9.15 Å².